The first kappa shape index (κ1) is 13.0. The van der Waals surface area contributed by atoms with Crippen LogP contribution < -0.4 is 10.2 Å². The third kappa shape index (κ3) is 3.27. The molecule has 5 heteroatoms. The second kappa shape index (κ2) is 6.47. The molecule has 2 rings (SSSR count). The number of pyridine rings is 1. The second-order valence-corrected chi connectivity index (χ2v) is 4.37. The van der Waals surface area contributed by atoms with E-state index < -0.39 is 0 Å². The number of hydrogen-bond donors (Lipinski definition) is 1. The Labute approximate surface area is 108 Å². The molecule has 0 saturated carbocycles. The van der Waals surface area contributed by atoms with Crippen LogP contribution in [-0.2, 0) is 4.79 Å². The summed E-state index contributed by atoms with van der Waals surface area (Å²) in [6, 6.07) is 3.75. The molecule has 18 heavy (non-hydrogen) atoms. The fourth-order valence-corrected chi connectivity index (χ4v) is 2.17. The number of piperazine rings is 1. The number of rotatable bonds is 4. The summed E-state index contributed by atoms with van der Waals surface area (Å²) in [6.07, 6.45) is 3.44. The standard InChI is InChI=1S/C13H20N4O/c1-2-17(12-3-5-14-6-4-12)13(18)11-16-9-7-15-8-10-16/h3-6,15H,2,7-11H2,1H3. The molecule has 0 atom stereocenters. The third-order valence-corrected chi connectivity index (χ3v) is 3.16. The largest absolute Gasteiger partial charge is 0.314 e. The fourth-order valence-electron chi connectivity index (χ4n) is 2.17. The van der Waals surface area contributed by atoms with Gasteiger partial charge in [-0.05, 0) is 19.1 Å². The lowest BCUT2D eigenvalue weighted by Gasteiger charge is -2.29. The van der Waals surface area contributed by atoms with Gasteiger partial charge in [0.15, 0.2) is 0 Å². The van der Waals surface area contributed by atoms with Gasteiger partial charge in [0.1, 0.15) is 0 Å². The summed E-state index contributed by atoms with van der Waals surface area (Å²) in [6.45, 7) is 7.01. The molecule has 5 nitrogen and oxygen atoms in total. The lowest BCUT2D eigenvalue weighted by atomic mass is 10.3. The van der Waals surface area contributed by atoms with Crippen molar-refractivity contribution < 1.29 is 4.79 Å². The van der Waals surface area contributed by atoms with Crippen molar-refractivity contribution in [2.24, 2.45) is 0 Å². The van der Waals surface area contributed by atoms with Crippen LogP contribution in [-0.4, -0.2) is 55.1 Å². The van der Waals surface area contributed by atoms with Crippen LogP contribution in [0.1, 0.15) is 6.92 Å². The number of amides is 1. The minimum atomic E-state index is 0.158. The average molecular weight is 248 g/mol. The van der Waals surface area contributed by atoms with Crippen molar-refractivity contribution in [1.29, 1.82) is 0 Å². The highest BCUT2D eigenvalue weighted by atomic mass is 16.2. The van der Waals surface area contributed by atoms with E-state index in [1.807, 2.05) is 24.0 Å². The van der Waals surface area contributed by atoms with E-state index in [2.05, 4.69) is 15.2 Å². The molecule has 1 saturated heterocycles. The van der Waals surface area contributed by atoms with E-state index >= 15 is 0 Å². The Kier molecular flexibility index (Phi) is 4.66. The van der Waals surface area contributed by atoms with Gasteiger partial charge >= 0.3 is 0 Å². The van der Waals surface area contributed by atoms with Gasteiger partial charge in [-0.1, -0.05) is 0 Å². The molecular formula is C13H20N4O. The maximum absolute atomic E-state index is 12.3. The summed E-state index contributed by atoms with van der Waals surface area (Å²) in [5, 5.41) is 3.29. The highest BCUT2D eigenvalue weighted by Crippen LogP contribution is 2.12. The van der Waals surface area contributed by atoms with Crippen LogP contribution in [0.3, 0.4) is 0 Å². The topological polar surface area (TPSA) is 48.5 Å². The van der Waals surface area contributed by atoms with Crippen molar-refractivity contribution in [3.63, 3.8) is 0 Å². The number of nitrogens with one attached hydrogen (secondary N) is 1. The van der Waals surface area contributed by atoms with Crippen LogP contribution in [0.25, 0.3) is 0 Å². The van der Waals surface area contributed by atoms with Crippen molar-refractivity contribution in [3.8, 4) is 0 Å². The first-order chi connectivity index (χ1) is 8.81. The monoisotopic (exact) mass is 248 g/mol. The van der Waals surface area contributed by atoms with Crippen molar-refractivity contribution >= 4 is 11.6 Å². The smallest absolute Gasteiger partial charge is 0.241 e. The zero-order valence-corrected chi connectivity index (χ0v) is 10.8. The van der Waals surface area contributed by atoms with Crippen molar-refractivity contribution in [3.05, 3.63) is 24.5 Å². The van der Waals surface area contributed by atoms with Crippen LogP contribution in [0.4, 0.5) is 5.69 Å². The molecule has 2 heterocycles. The summed E-state index contributed by atoms with van der Waals surface area (Å²) in [5.41, 5.74) is 0.924. The molecule has 0 spiro atoms. The molecular weight excluding hydrogens is 228 g/mol. The van der Waals surface area contributed by atoms with Crippen molar-refractivity contribution in [2.45, 2.75) is 6.92 Å². The van der Waals surface area contributed by atoms with Crippen LogP contribution >= 0.6 is 0 Å². The van der Waals surface area contributed by atoms with Crippen LogP contribution in [0, 0.1) is 0 Å². The molecule has 0 unspecified atom stereocenters. The summed E-state index contributed by atoms with van der Waals surface area (Å²) < 4.78 is 0. The van der Waals surface area contributed by atoms with Crippen LogP contribution in [0.15, 0.2) is 24.5 Å². The Balaban J connectivity index is 1.97. The van der Waals surface area contributed by atoms with E-state index in [0.29, 0.717) is 13.1 Å². The quantitative estimate of drug-likeness (QED) is 0.835. The number of carbonyl (C=O) groups excluding carboxylic acids is 1. The van der Waals surface area contributed by atoms with E-state index in [4.69, 9.17) is 0 Å². The van der Waals surface area contributed by atoms with Gasteiger partial charge in [-0.3, -0.25) is 14.7 Å². The number of anilines is 1. The predicted molar refractivity (Wildman–Crippen MR) is 71.6 cm³/mol. The molecule has 1 aromatic rings. The fraction of sp³-hybridized carbons (Fsp3) is 0.538. The summed E-state index contributed by atoms with van der Waals surface area (Å²) in [7, 11) is 0. The molecule has 0 aromatic carbocycles. The summed E-state index contributed by atoms with van der Waals surface area (Å²) in [5.74, 6) is 0.158. The molecule has 1 fully saturated rings. The number of aromatic nitrogens is 1. The lowest BCUT2D eigenvalue weighted by Crippen LogP contribution is -2.48. The predicted octanol–water partition coefficient (Wildman–Crippen LogP) is 0.340. The third-order valence-electron chi connectivity index (χ3n) is 3.16. The molecule has 0 aliphatic carbocycles. The number of hydrogen-bond acceptors (Lipinski definition) is 4. The SMILES string of the molecule is CCN(C(=O)CN1CCNCC1)c1ccncc1. The van der Waals surface area contributed by atoms with Gasteiger partial charge in [-0.2, -0.15) is 0 Å². The summed E-state index contributed by atoms with van der Waals surface area (Å²) >= 11 is 0. The molecule has 98 valence electrons. The lowest BCUT2D eigenvalue weighted by molar-refractivity contribution is -0.119. The maximum atomic E-state index is 12.3. The minimum absolute atomic E-state index is 0.158. The van der Waals surface area contributed by atoms with E-state index in [1.165, 1.54) is 0 Å². The minimum Gasteiger partial charge on any atom is -0.314 e. The van der Waals surface area contributed by atoms with E-state index in [9.17, 15) is 4.79 Å². The average Bonchev–Trinajstić information content (AvgIpc) is 2.42. The Morgan fingerprint density at radius 2 is 2.06 bits per heavy atom. The van der Waals surface area contributed by atoms with Gasteiger partial charge in [0, 0.05) is 50.8 Å². The van der Waals surface area contributed by atoms with Crippen LogP contribution in [0.2, 0.25) is 0 Å². The van der Waals surface area contributed by atoms with Gasteiger partial charge < -0.3 is 10.2 Å². The van der Waals surface area contributed by atoms with E-state index in [1.54, 1.807) is 12.4 Å². The second-order valence-electron chi connectivity index (χ2n) is 4.37. The number of likely N-dealkylation sites (N-methyl/N-ethyl adjacent to an activating group) is 1. The van der Waals surface area contributed by atoms with Gasteiger partial charge in [-0.15, -0.1) is 0 Å². The zero-order valence-electron chi connectivity index (χ0n) is 10.8. The van der Waals surface area contributed by atoms with Gasteiger partial charge in [0.2, 0.25) is 5.91 Å². The Bertz CT molecular complexity index is 376. The molecule has 1 aromatic heterocycles. The molecule has 0 bridgehead atoms. The van der Waals surface area contributed by atoms with E-state index in [-0.39, 0.29) is 5.91 Å². The molecule has 1 aliphatic rings. The summed E-state index contributed by atoms with van der Waals surface area (Å²) in [4.78, 5) is 20.3. The first-order valence-corrected chi connectivity index (χ1v) is 6.44. The normalized spacial score (nSPS) is 16.5. The maximum Gasteiger partial charge on any atom is 0.241 e. The first-order valence-electron chi connectivity index (χ1n) is 6.44. The highest BCUT2D eigenvalue weighted by Gasteiger charge is 2.18. The van der Waals surface area contributed by atoms with Crippen LogP contribution in [0.5, 0.6) is 0 Å². The Morgan fingerprint density at radius 3 is 2.67 bits per heavy atom. The molecule has 1 aliphatic heterocycles. The van der Waals surface area contributed by atoms with Gasteiger partial charge in [0.25, 0.3) is 0 Å². The van der Waals surface area contributed by atoms with Gasteiger partial charge in [0.05, 0.1) is 6.54 Å². The zero-order chi connectivity index (χ0) is 12.8. The van der Waals surface area contributed by atoms with E-state index in [0.717, 1.165) is 31.9 Å². The molecule has 1 N–H and O–H groups in total. The number of carbonyl (C=O) groups is 1. The Hall–Kier alpha value is -1.46. The number of nitrogens with zero attached hydrogens (tertiary/aromatic N) is 3. The Morgan fingerprint density at radius 1 is 1.39 bits per heavy atom. The van der Waals surface area contributed by atoms with Gasteiger partial charge in [-0.25, -0.2) is 0 Å². The molecule has 0 radical (unpaired) electrons. The highest BCUT2D eigenvalue weighted by molar-refractivity contribution is 5.94. The van der Waals surface area contributed by atoms with Crippen molar-refractivity contribution in [2.75, 3.05) is 44.2 Å². The molecule has 1 amide bonds. The van der Waals surface area contributed by atoms with Crippen molar-refractivity contribution in [1.82, 2.24) is 15.2 Å².